The van der Waals surface area contributed by atoms with Crippen molar-refractivity contribution in [2.45, 2.75) is 43.7 Å². The molecule has 0 unspecified atom stereocenters. The Hall–Kier alpha value is -2.20. The molecule has 0 aromatic heterocycles. The molecule has 1 aromatic carbocycles. The van der Waals surface area contributed by atoms with Crippen molar-refractivity contribution >= 4 is 11.5 Å². The summed E-state index contributed by atoms with van der Waals surface area (Å²) in [7, 11) is 0. The molecule has 6 nitrogen and oxygen atoms in total. The number of carbonyl (C=O) groups is 1. The van der Waals surface area contributed by atoms with Crippen LogP contribution in [0.5, 0.6) is 0 Å². The quantitative estimate of drug-likeness (QED) is 0.827. The first-order valence-corrected chi connectivity index (χ1v) is 10.6. The lowest BCUT2D eigenvalue weighted by Crippen LogP contribution is -2.66. The number of nitrogens with zero attached hydrogens (tertiary/aromatic N) is 3. The molecule has 1 aromatic rings. The van der Waals surface area contributed by atoms with Gasteiger partial charge in [-0.05, 0) is 42.4 Å². The molecule has 0 spiro atoms. The zero-order valence-corrected chi connectivity index (χ0v) is 16.8. The number of hydrogen-bond donors (Lipinski definition) is 1. The Morgan fingerprint density at radius 3 is 2.72 bits per heavy atom. The lowest BCUT2D eigenvalue weighted by Gasteiger charge is -2.52. The number of ether oxygens (including phenoxy) is 1. The summed E-state index contributed by atoms with van der Waals surface area (Å²) >= 11 is 0. The molecule has 2 fully saturated rings. The lowest BCUT2D eigenvalue weighted by atomic mass is 9.72. The summed E-state index contributed by atoms with van der Waals surface area (Å²) in [6.45, 7) is 2.84. The van der Waals surface area contributed by atoms with Gasteiger partial charge in [-0.1, -0.05) is 30.3 Å². The third-order valence-electron chi connectivity index (χ3n) is 6.44. The maximum Gasteiger partial charge on any atom is 0.238 e. The lowest BCUT2D eigenvalue weighted by molar-refractivity contribution is -0.149. The number of nitriles is 1. The summed E-state index contributed by atoms with van der Waals surface area (Å²) < 4.78 is 5.35. The number of amides is 1. The van der Waals surface area contributed by atoms with E-state index in [9.17, 15) is 15.2 Å². The van der Waals surface area contributed by atoms with Gasteiger partial charge in [0.15, 0.2) is 0 Å². The molecule has 2 saturated heterocycles. The predicted octanol–water partition coefficient (Wildman–Crippen LogP) is 2.16. The van der Waals surface area contributed by atoms with Crippen LogP contribution in [0.3, 0.4) is 0 Å². The second kappa shape index (κ2) is 9.08. The van der Waals surface area contributed by atoms with E-state index in [0.717, 1.165) is 31.5 Å². The molecule has 2 heterocycles. The van der Waals surface area contributed by atoms with E-state index in [2.05, 4.69) is 29.2 Å². The smallest absolute Gasteiger partial charge is 0.238 e. The van der Waals surface area contributed by atoms with E-state index in [1.807, 2.05) is 12.1 Å². The molecule has 0 radical (unpaired) electrons. The topological polar surface area (TPSA) is 76.8 Å². The molecule has 2 aliphatic heterocycles. The molecule has 0 bridgehead atoms. The fourth-order valence-electron chi connectivity index (χ4n) is 4.92. The van der Waals surface area contributed by atoms with Crippen molar-refractivity contribution in [2.75, 3.05) is 39.5 Å². The Balaban J connectivity index is 1.57. The molecular formula is C23H29N3O3. The van der Waals surface area contributed by atoms with Gasteiger partial charge in [0.05, 0.1) is 38.5 Å². The fourth-order valence-corrected chi connectivity index (χ4v) is 4.92. The Bertz CT molecular complexity index is 810. The molecule has 29 heavy (non-hydrogen) atoms. The minimum absolute atomic E-state index is 0.0805. The van der Waals surface area contributed by atoms with E-state index in [0.29, 0.717) is 13.2 Å². The number of likely N-dealkylation sites (tertiary alicyclic amines) is 1. The van der Waals surface area contributed by atoms with Crippen LogP contribution < -0.4 is 0 Å². The third kappa shape index (κ3) is 3.95. The van der Waals surface area contributed by atoms with Crippen LogP contribution in [0, 0.1) is 11.3 Å². The molecule has 1 aliphatic carbocycles. The SMILES string of the molecule is N#C[C@@H]1[C@H](c2ccccc2C2=CCCCC2)[C@H](CO)N1C(=O)CN1CCOCC1. The van der Waals surface area contributed by atoms with Gasteiger partial charge in [0, 0.05) is 19.0 Å². The zero-order chi connectivity index (χ0) is 20.2. The van der Waals surface area contributed by atoms with Crippen molar-refractivity contribution in [3.63, 3.8) is 0 Å². The number of carbonyl (C=O) groups excluding carboxylic acids is 1. The van der Waals surface area contributed by atoms with Crippen LogP contribution in [0.4, 0.5) is 0 Å². The molecule has 3 atom stereocenters. The maximum absolute atomic E-state index is 13.0. The average molecular weight is 396 g/mol. The number of benzene rings is 1. The highest BCUT2D eigenvalue weighted by atomic mass is 16.5. The molecule has 4 rings (SSSR count). The van der Waals surface area contributed by atoms with Gasteiger partial charge in [-0.2, -0.15) is 5.26 Å². The van der Waals surface area contributed by atoms with Crippen LogP contribution in [0.1, 0.15) is 42.7 Å². The predicted molar refractivity (Wildman–Crippen MR) is 110 cm³/mol. The number of aliphatic hydroxyl groups excluding tert-OH is 1. The van der Waals surface area contributed by atoms with Gasteiger partial charge in [0.2, 0.25) is 5.91 Å². The van der Waals surface area contributed by atoms with E-state index in [-0.39, 0.29) is 31.0 Å². The van der Waals surface area contributed by atoms with Crippen LogP contribution in [-0.4, -0.2) is 72.4 Å². The highest BCUT2D eigenvalue weighted by Crippen LogP contribution is 2.44. The van der Waals surface area contributed by atoms with E-state index >= 15 is 0 Å². The highest BCUT2D eigenvalue weighted by molar-refractivity contribution is 5.81. The van der Waals surface area contributed by atoms with E-state index in [1.165, 1.54) is 24.0 Å². The maximum atomic E-state index is 13.0. The fraction of sp³-hybridized carbons (Fsp3) is 0.565. The zero-order valence-electron chi connectivity index (χ0n) is 16.8. The minimum Gasteiger partial charge on any atom is -0.394 e. The molecule has 3 aliphatic rings. The first-order valence-electron chi connectivity index (χ1n) is 10.6. The monoisotopic (exact) mass is 395 g/mol. The van der Waals surface area contributed by atoms with Gasteiger partial charge >= 0.3 is 0 Å². The normalized spacial score (nSPS) is 27.7. The molecular weight excluding hydrogens is 366 g/mol. The van der Waals surface area contributed by atoms with Crippen LogP contribution in [-0.2, 0) is 9.53 Å². The molecule has 154 valence electrons. The number of morpholine rings is 1. The average Bonchev–Trinajstić information content (AvgIpc) is 2.75. The van der Waals surface area contributed by atoms with Crippen molar-refractivity contribution in [1.29, 1.82) is 5.26 Å². The summed E-state index contributed by atoms with van der Waals surface area (Å²) in [5, 5.41) is 20.0. The van der Waals surface area contributed by atoms with Gasteiger partial charge in [0.1, 0.15) is 6.04 Å². The Morgan fingerprint density at radius 1 is 1.24 bits per heavy atom. The van der Waals surface area contributed by atoms with Crippen LogP contribution >= 0.6 is 0 Å². The van der Waals surface area contributed by atoms with Gasteiger partial charge in [-0.15, -0.1) is 0 Å². The summed E-state index contributed by atoms with van der Waals surface area (Å²) in [4.78, 5) is 16.6. The van der Waals surface area contributed by atoms with Crippen molar-refractivity contribution < 1.29 is 14.6 Å². The van der Waals surface area contributed by atoms with Gasteiger partial charge < -0.3 is 14.7 Å². The van der Waals surface area contributed by atoms with E-state index in [1.54, 1.807) is 4.90 Å². The van der Waals surface area contributed by atoms with Crippen molar-refractivity contribution in [3.8, 4) is 6.07 Å². The van der Waals surface area contributed by atoms with E-state index in [4.69, 9.17) is 4.74 Å². The third-order valence-corrected chi connectivity index (χ3v) is 6.44. The minimum atomic E-state index is -0.536. The van der Waals surface area contributed by atoms with Crippen LogP contribution in [0.15, 0.2) is 30.3 Å². The summed E-state index contributed by atoms with van der Waals surface area (Å²) in [5.74, 6) is -0.235. The second-order valence-electron chi connectivity index (χ2n) is 8.10. The number of aliphatic hydroxyl groups is 1. The largest absolute Gasteiger partial charge is 0.394 e. The molecule has 1 N–H and O–H groups in total. The van der Waals surface area contributed by atoms with Crippen molar-refractivity contribution in [1.82, 2.24) is 9.80 Å². The number of rotatable bonds is 5. The second-order valence-corrected chi connectivity index (χ2v) is 8.10. The van der Waals surface area contributed by atoms with Crippen LogP contribution in [0.25, 0.3) is 5.57 Å². The summed E-state index contributed by atoms with van der Waals surface area (Å²) in [6.07, 6.45) is 6.84. The van der Waals surface area contributed by atoms with E-state index < -0.39 is 6.04 Å². The van der Waals surface area contributed by atoms with Crippen molar-refractivity contribution in [2.24, 2.45) is 0 Å². The van der Waals surface area contributed by atoms with Crippen molar-refractivity contribution in [3.05, 3.63) is 41.5 Å². The molecule has 1 amide bonds. The Kier molecular flexibility index (Phi) is 6.29. The highest BCUT2D eigenvalue weighted by Gasteiger charge is 2.52. The number of allylic oxidation sites excluding steroid dienone is 2. The standard InChI is InChI=1S/C23H29N3O3/c24-14-20-23(19-9-5-4-8-18(19)17-6-2-1-3-7-17)21(16-27)26(20)22(28)15-25-10-12-29-13-11-25/h4-6,8-9,20-21,23,27H,1-3,7,10-13,15-16H2/t20-,21+,23+/m1/s1. The summed E-state index contributed by atoms with van der Waals surface area (Å²) in [5.41, 5.74) is 3.59. The van der Waals surface area contributed by atoms with Gasteiger partial charge in [-0.25, -0.2) is 0 Å². The van der Waals surface area contributed by atoms with Crippen LogP contribution in [0.2, 0.25) is 0 Å². The first kappa shape index (κ1) is 20.1. The Labute approximate surface area is 172 Å². The Morgan fingerprint density at radius 2 is 2.03 bits per heavy atom. The summed E-state index contributed by atoms with van der Waals surface area (Å²) in [6, 6.07) is 9.66. The van der Waals surface area contributed by atoms with Gasteiger partial charge in [0.25, 0.3) is 0 Å². The van der Waals surface area contributed by atoms with Gasteiger partial charge in [-0.3, -0.25) is 9.69 Å². The first-order chi connectivity index (χ1) is 14.2. The molecule has 6 heteroatoms. The molecule has 0 saturated carbocycles. The number of hydrogen-bond acceptors (Lipinski definition) is 5.